The van der Waals surface area contributed by atoms with E-state index in [9.17, 15) is 27.9 Å². The number of alkyl halides is 3. The zero-order valence-corrected chi connectivity index (χ0v) is 15.4. The number of anilines is 1. The molecule has 9 heteroatoms. The Bertz CT molecular complexity index is 1150. The molecule has 0 bridgehead atoms. The molecule has 3 aromatic rings. The van der Waals surface area contributed by atoms with E-state index in [1.54, 1.807) is 6.92 Å². The first-order chi connectivity index (χ1) is 13.6. The van der Waals surface area contributed by atoms with Crippen LogP contribution in [0, 0.1) is 0 Å². The third kappa shape index (κ3) is 3.56. The molecule has 1 atom stereocenters. The van der Waals surface area contributed by atoms with E-state index in [1.165, 1.54) is 24.3 Å². The molecule has 2 aromatic carbocycles. The van der Waals surface area contributed by atoms with Crippen molar-refractivity contribution >= 4 is 22.6 Å². The highest BCUT2D eigenvalue weighted by molar-refractivity contribution is 6.04. The molecule has 1 aromatic heterocycles. The van der Waals surface area contributed by atoms with Crippen molar-refractivity contribution < 1.29 is 27.8 Å². The predicted octanol–water partition coefficient (Wildman–Crippen LogP) is 3.43. The Kier molecular flexibility index (Phi) is 5.10. The zero-order valence-electron chi connectivity index (χ0n) is 15.4. The van der Waals surface area contributed by atoms with E-state index in [0.29, 0.717) is 5.56 Å². The Morgan fingerprint density at radius 1 is 1.17 bits per heavy atom. The predicted molar refractivity (Wildman–Crippen MR) is 101 cm³/mol. The Hall–Kier alpha value is -3.33. The minimum absolute atomic E-state index is 0.0950. The smallest absolute Gasteiger partial charge is 0.416 e. The third-order valence-electron chi connectivity index (χ3n) is 4.57. The number of ether oxygens (including phenoxy) is 1. The van der Waals surface area contributed by atoms with Crippen LogP contribution in [-0.4, -0.2) is 22.8 Å². The number of pyridine rings is 1. The molecule has 6 nitrogen and oxygen atoms in total. The van der Waals surface area contributed by atoms with Gasteiger partial charge in [-0.05, 0) is 36.8 Å². The highest BCUT2D eigenvalue weighted by atomic mass is 19.4. The summed E-state index contributed by atoms with van der Waals surface area (Å²) in [6.07, 6.45) is -5.41. The molecular formula is C20H17F3N2O4. The van der Waals surface area contributed by atoms with Crippen LogP contribution >= 0.6 is 0 Å². The number of benzene rings is 2. The number of carbonyl (C=O) groups excluding carboxylic acids is 1. The van der Waals surface area contributed by atoms with E-state index < -0.39 is 34.9 Å². The Morgan fingerprint density at radius 3 is 2.31 bits per heavy atom. The average molecular weight is 406 g/mol. The maximum Gasteiger partial charge on any atom is 0.416 e. The zero-order chi connectivity index (χ0) is 21.5. The van der Waals surface area contributed by atoms with Crippen LogP contribution in [0.15, 0.2) is 47.3 Å². The fourth-order valence-corrected chi connectivity index (χ4v) is 3.05. The summed E-state index contributed by atoms with van der Waals surface area (Å²) in [4.78, 5) is 25.2. The SMILES string of the molecule is COC(=O)c1c(N)c2ccc(C(F)(F)F)cc2n(-c2ccc([C@H](C)O)cc2)c1=O. The average Bonchev–Trinajstić information content (AvgIpc) is 2.67. The number of rotatable bonds is 3. The van der Waals surface area contributed by atoms with Gasteiger partial charge in [0, 0.05) is 11.1 Å². The molecule has 0 fully saturated rings. The van der Waals surface area contributed by atoms with Crippen LogP contribution < -0.4 is 11.3 Å². The standard InChI is InChI=1S/C20H17F3N2O4/c1-10(26)11-3-6-13(7-4-11)25-15-9-12(20(21,22)23)5-8-14(15)17(24)16(18(25)27)19(28)29-2/h3-10,26H,24H2,1-2H3/t10-/m0/s1. The summed E-state index contributed by atoms with van der Waals surface area (Å²) in [7, 11) is 1.07. The number of aliphatic hydroxyl groups excluding tert-OH is 1. The van der Waals surface area contributed by atoms with Crippen LogP contribution in [-0.2, 0) is 10.9 Å². The molecule has 0 aliphatic heterocycles. The van der Waals surface area contributed by atoms with E-state index in [0.717, 1.165) is 29.9 Å². The van der Waals surface area contributed by atoms with Crippen molar-refractivity contribution in [2.45, 2.75) is 19.2 Å². The summed E-state index contributed by atoms with van der Waals surface area (Å²) >= 11 is 0. The van der Waals surface area contributed by atoms with Gasteiger partial charge < -0.3 is 15.6 Å². The molecule has 0 aliphatic carbocycles. The van der Waals surface area contributed by atoms with Crippen LogP contribution in [0.25, 0.3) is 16.6 Å². The highest BCUT2D eigenvalue weighted by Gasteiger charge is 2.32. The van der Waals surface area contributed by atoms with Crippen LogP contribution in [0.3, 0.4) is 0 Å². The van der Waals surface area contributed by atoms with Crippen molar-refractivity contribution in [3.8, 4) is 5.69 Å². The van der Waals surface area contributed by atoms with Gasteiger partial charge in [0.15, 0.2) is 0 Å². The van der Waals surface area contributed by atoms with Gasteiger partial charge in [0.05, 0.1) is 30.0 Å². The van der Waals surface area contributed by atoms with Gasteiger partial charge in [-0.2, -0.15) is 13.2 Å². The normalized spacial score (nSPS) is 12.8. The van der Waals surface area contributed by atoms with Gasteiger partial charge in [-0.1, -0.05) is 18.2 Å². The van der Waals surface area contributed by atoms with Gasteiger partial charge in [0.1, 0.15) is 5.56 Å². The van der Waals surface area contributed by atoms with Crippen molar-refractivity contribution in [1.82, 2.24) is 4.57 Å². The number of nitrogens with zero attached hydrogens (tertiary/aromatic N) is 1. The minimum atomic E-state index is -4.64. The molecule has 0 amide bonds. The van der Waals surface area contributed by atoms with Crippen LogP contribution in [0.5, 0.6) is 0 Å². The van der Waals surface area contributed by atoms with Gasteiger partial charge in [-0.3, -0.25) is 9.36 Å². The van der Waals surface area contributed by atoms with Gasteiger partial charge in [-0.15, -0.1) is 0 Å². The number of hydrogen-bond donors (Lipinski definition) is 2. The largest absolute Gasteiger partial charge is 0.465 e. The lowest BCUT2D eigenvalue weighted by atomic mass is 10.0. The maximum absolute atomic E-state index is 13.2. The number of halogens is 3. The Labute approximate surface area is 162 Å². The van der Waals surface area contributed by atoms with Gasteiger partial charge >= 0.3 is 12.1 Å². The molecular weight excluding hydrogens is 389 g/mol. The van der Waals surface area contributed by atoms with Crippen molar-refractivity contribution in [2.75, 3.05) is 12.8 Å². The second-order valence-electron chi connectivity index (χ2n) is 6.42. The lowest BCUT2D eigenvalue weighted by Gasteiger charge is -2.17. The van der Waals surface area contributed by atoms with Gasteiger partial charge in [0.2, 0.25) is 0 Å². The summed E-state index contributed by atoms with van der Waals surface area (Å²) in [5, 5.41) is 9.75. The topological polar surface area (TPSA) is 94.6 Å². The second kappa shape index (κ2) is 7.25. The van der Waals surface area contributed by atoms with Gasteiger partial charge in [0.25, 0.3) is 5.56 Å². The molecule has 29 heavy (non-hydrogen) atoms. The number of methoxy groups -OCH3 is 1. The quantitative estimate of drug-likeness (QED) is 0.650. The lowest BCUT2D eigenvalue weighted by Crippen LogP contribution is -2.28. The number of nitrogen functional groups attached to an aromatic ring is 1. The number of aliphatic hydroxyl groups is 1. The number of hydrogen-bond acceptors (Lipinski definition) is 5. The lowest BCUT2D eigenvalue weighted by molar-refractivity contribution is -0.137. The highest BCUT2D eigenvalue weighted by Crippen LogP contribution is 2.34. The monoisotopic (exact) mass is 406 g/mol. The van der Waals surface area contributed by atoms with E-state index in [-0.39, 0.29) is 22.3 Å². The number of fused-ring (bicyclic) bond motifs is 1. The third-order valence-corrected chi connectivity index (χ3v) is 4.57. The molecule has 0 spiro atoms. The molecule has 0 unspecified atom stereocenters. The minimum Gasteiger partial charge on any atom is -0.465 e. The van der Waals surface area contributed by atoms with Crippen LogP contribution in [0.1, 0.15) is 34.5 Å². The molecule has 0 saturated heterocycles. The summed E-state index contributed by atoms with van der Waals surface area (Å²) < 4.78 is 45.3. The molecule has 3 N–H and O–H groups in total. The summed E-state index contributed by atoms with van der Waals surface area (Å²) in [6.45, 7) is 1.55. The number of nitrogens with two attached hydrogens (primary N) is 1. The Morgan fingerprint density at radius 2 is 1.79 bits per heavy atom. The number of aromatic nitrogens is 1. The fourth-order valence-electron chi connectivity index (χ4n) is 3.05. The van der Waals surface area contributed by atoms with Crippen LogP contribution in [0.4, 0.5) is 18.9 Å². The maximum atomic E-state index is 13.2. The van der Waals surface area contributed by atoms with Crippen LogP contribution in [0.2, 0.25) is 0 Å². The van der Waals surface area contributed by atoms with E-state index >= 15 is 0 Å². The molecule has 3 rings (SSSR count). The first-order valence-corrected chi connectivity index (χ1v) is 8.48. The molecule has 152 valence electrons. The van der Waals surface area contributed by atoms with Crippen molar-refractivity contribution in [2.24, 2.45) is 0 Å². The van der Waals surface area contributed by atoms with E-state index in [4.69, 9.17) is 5.73 Å². The summed E-state index contributed by atoms with van der Waals surface area (Å²) in [6, 6.07) is 8.71. The molecule has 0 aliphatic rings. The number of esters is 1. The van der Waals surface area contributed by atoms with Crippen molar-refractivity contribution in [1.29, 1.82) is 0 Å². The molecule has 0 radical (unpaired) electrons. The fraction of sp³-hybridized carbons (Fsp3) is 0.200. The first-order valence-electron chi connectivity index (χ1n) is 8.48. The first kappa shape index (κ1) is 20.4. The van der Waals surface area contributed by atoms with E-state index in [2.05, 4.69) is 4.74 Å². The Balaban J connectivity index is 2.44. The number of carbonyl (C=O) groups is 1. The summed E-state index contributed by atoms with van der Waals surface area (Å²) in [5.74, 6) is -0.997. The molecule has 0 saturated carbocycles. The van der Waals surface area contributed by atoms with Crippen molar-refractivity contribution in [3.63, 3.8) is 0 Å². The molecule has 1 heterocycles. The summed E-state index contributed by atoms with van der Waals surface area (Å²) in [5.41, 5.74) is 3.96. The second-order valence-corrected chi connectivity index (χ2v) is 6.42. The van der Waals surface area contributed by atoms with E-state index in [1.807, 2.05) is 0 Å². The van der Waals surface area contributed by atoms with Gasteiger partial charge in [-0.25, -0.2) is 4.79 Å². The van der Waals surface area contributed by atoms with Crippen molar-refractivity contribution in [3.05, 3.63) is 69.5 Å².